The van der Waals surface area contributed by atoms with Crippen molar-refractivity contribution in [1.82, 2.24) is 0 Å². The van der Waals surface area contributed by atoms with Crippen LogP contribution in [0.25, 0.3) is 0 Å². The van der Waals surface area contributed by atoms with Crippen molar-refractivity contribution in [3.05, 3.63) is 47.8 Å². The number of hydrogen-bond acceptors (Lipinski definition) is 0. The number of allylic oxidation sites excluding steroid dienone is 1. The van der Waals surface area contributed by atoms with Gasteiger partial charge in [-0.2, -0.15) is 0 Å². The van der Waals surface area contributed by atoms with Gasteiger partial charge in [-0.25, -0.2) is 4.39 Å². The van der Waals surface area contributed by atoms with Crippen LogP contribution in [0, 0.1) is 35.4 Å². The SMILES string of the molecule is C=CCCc1ccc(C2CCC(C3CCC4CC(CCCCCC)CCC4C3)CC2)cc1F. The minimum absolute atomic E-state index is 0.00392. The van der Waals surface area contributed by atoms with Crippen LogP contribution >= 0.6 is 0 Å². The molecule has 0 heterocycles. The summed E-state index contributed by atoms with van der Waals surface area (Å²) in [6, 6.07) is 6.08. The van der Waals surface area contributed by atoms with E-state index in [2.05, 4.69) is 19.6 Å². The minimum atomic E-state index is -0.00392. The Labute approximate surface area is 203 Å². The van der Waals surface area contributed by atoms with E-state index in [1.807, 2.05) is 18.2 Å². The summed E-state index contributed by atoms with van der Waals surface area (Å²) in [5.41, 5.74) is 2.09. The van der Waals surface area contributed by atoms with Gasteiger partial charge in [0.25, 0.3) is 0 Å². The van der Waals surface area contributed by atoms with Crippen LogP contribution in [0.3, 0.4) is 0 Å². The van der Waals surface area contributed by atoms with Crippen molar-refractivity contribution < 1.29 is 4.39 Å². The predicted molar refractivity (Wildman–Crippen MR) is 140 cm³/mol. The molecule has 3 aliphatic carbocycles. The van der Waals surface area contributed by atoms with E-state index in [1.54, 1.807) is 6.42 Å². The summed E-state index contributed by atoms with van der Waals surface area (Å²) >= 11 is 0. The lowest BCUT2D eigenvalue weighted by atomic mass is 9.60. The molecule has 0 amide bonds. The summed E-state index contributed by atoms with van der Waals surface area (Å²) in [7, 11) is 0. The summed E-state index contributed by atoms with van der Waals surface area (Å²) in [5, 5.41) is 0. The topological polar surface area (TPSA) is 0 Å². The van der Waals surface area contributed by atoms with Gasteiger partial charge in [0.15, 0.2) is 0 Å². The van der Waals surface area contributed by atoms with Gasteiger partial charge < -0.3 is 0 Å². The summed E-state index contributed by atoms with van der Waals surface area (Å²) in [5.74, 6) is 5.60. The standard InChI is InChI=1S/C32H49F/c1-3-5-7-8-9-24-11-12-30-22-29(20-19-28(30)21-24)25-13-15-26(16-14-25)31-18-17-27(10-6-4-2)32(33)23-31/h4,17-18,23-26,28-30H,2-3,5-16,19-22H2,1H3. The smallest absolute Gasteiger partial charge is 0.126 e. The Kier molecular flexibility index (Phi) is 9.51. The van der Waals surface area contributed by atoms with Crippen LogP contribution in [-0.2, 0) is 6.42 Å². The number of benzene rings is 1. The highest BCUT2D eigenvalue weighted by molar-refractivity contribution is 5.27. The average Bonchev–Trinajstić information content (AvgIpc) is 2.85. The van der Waals surface area contributed by atoms with E-state index in [1.165, 1.54) is 95.5 Å². The first-order valence-electron chi connectivity index (χ1n) is 14.6. The van der Waals surface area contributed by atoms with E-state index in [0.29, 0.717) is 5.92 Å². The lowest BCUT2D eigenvalue weighted by Gasteiger charge is -2.45. The molecule has 33 heavy (non-hydrogen) atoms. The van der Waals surface area contributed by atoms with Crippen LogP contribution in [0.4, 0.5) is 4.39 Å². The van der Waals surface area contributed by atoms with Crippen LogP contribution < -0.4 is 0 Å². The maximum absolute atomic E-state index is 14.6. The van der Waals surface area contributed by atoms with Crippen molar-refractivity contribution in [2.45, 2.75) is 122 Å². The van der Waals surface area contributed by atoms with Crippen LogP contribution in [-0.4, -0.2) is 0 Å². The van der Waals surface area contributed by atoms with Crippen molar-refractivity contribution in [2.24, 2.45) is 29.6 Å². The zero-order valence-corrected chi connectivity index (χ0v) is 21.4. The first kappa shape index (κ1) is 25.0. The zero-order valence-electron chi connectivity index (χ0n) is 21.4. The molecule has 0 radical (unpaired) electrons. The fourth-order valence-electron chi connectivity index (χ4n) is 7.77. The fourth-order valence-corrected chi connectivity index (χ4v) is 7.77. The number of fused-ring (bicyclic) bond motifs is 1. The monoisotopic (exact) mass is 452 g/mol. The van der Waals surface area contributed by atoms with E-state index in [9.17, 15) is 4.39 Å². The van der Waals surface area contributed by atoms with Gasteiger partial charge in [-0.15, -0.1) is 6.58 Å². The van der Waals surface area contributed by atoms with Crippen LogP contribution in [0.2, 0.25) is 0 Å². The highest BCUT2D eigenvalue weighted by atomic mass is 19.1. The lowest BCUT2D eigenvalue weighted by molar-refractivity contribution is 0.0613. The Bertz CT molecular complexity index is 728. The van der Waals surface area contributed by atoms with Crippen molar-refractivity contribution >= 4 is 0 Å². The second-order valence-electron chi connectivity index (χ2n) is 11.9. The first-order valence-corrected chi connectivity index (χ1v) is 14.6. The van der Waals surface area contributed by atoms with Gasteiger partial charge >= 0.3 is 0 Å². The molecule has 0 spiro atoms. The lowest BCUT2D eigenvalue weighted by Crippen LogP contribution is -2.34. The molecule has 4 atom stereocenters. The molecule has 0 bridgehead atoms. The molecule has 3 saturated carbocycles. The van der Waals surface area contributed by atoms with Crippen LogP contribution in [0.1, 0.15) is 127 Å². The van der Waals surface area contributed by atoms with Crippen LogP contribution in [0.15, 0.2) is 30.9 Å². The van der Waals surface area contributed by atoms with Crippen molar-refractivity contribution in [2.75, 3.05) is 0 Å². The molecule has 1 aromatic rings. The molecule has 0 nitrogen and oxygen atoms in total. The predicted octanol–water partition coefficient (Wildman–Crippen LogP) is 10.0. The summed E-state index contributed by atoms with van der Waals surface area (Å²) in [4.78, 5) is 0. The maximum atomic E-state index is 14.6. The third kappa shape index (κ3) is 6.73. The molecular weight excluding hydrogens is 403 g/mol. The maximum Gasteiger partial charge on any atom is 0.126 e. The third-order valence-corrected chi connectivity index (χ3v) is 9.83. The highest BCUT2D eigenvalue weighted by Crippen LogP contribution is 2.50. The molecule has 0 aromatic heterocycles. The van der Waals surface area contributed by atoms with E-state index in [-0.39, 0.29) is 5.82 Å². The molecule has 3 fully saturated rings. The molecule has 1 aromatic carbocycles. The Balaban J connectivity index is 1.21. The number of aryl methyl sites for hydroxylation is 1. The second-order valence-corrected chi connectivity index (χ2v) is 11.9. The molecule has 0 N–H and O–H groups in total. The van der Waals surface area contributed by atoms with E-state index in [0.717, 1.165) is 48.0 Å². The average molecular weight is 453 g/mol. The molecule has 4 unspecified atom stereocenters. The quantitative estimate of drug-likeness (QED) is 0.245. The van der Waals surface area contributed by atoms with E-state index < -0.39 is 0 Å². The number of hydrogen-bond donors (Lipinski definition) is 0. The minimum Gasteiger partial charge on any atom is -0.207 e. The Hall–Kier alpha value is -1.11. The van der Waals surface area contributed by atoms with Crippen molar-refractivity contribution in [3.8, 4) is 0 Å². The Morgan fingerprint density at radius 1 is 0.848 bits per heavy atom. The van der Waals surface area contributed by atoms with Gasteiger partial charge in [-0.3, -0.25) is 0 Å². The number of rotatable bonds is 10. The van der Waals surface area contributed by atoms with Gasteiger partial charge in [-0.1, -0.05) is 63.7 Å². The third-order valence-electron chi connectivity index (χ3n) is 9.83. The molecular formula is C32H49F. The Morgan fingerprint density at radius 2 is 1.55 bits per heavy atom. The summed E-state index contributed by atoms with van der Waals surface area (Å²) in [6.07, 6.45) is 25.1. The normalized spacial score (nSPS) is 32.3. The largest absolute Gasteiger partial charge is 0.207 e. The molecule has 3 aliphatic rings. The van der Waals surface area contributed by atoms with Gasteiger partial charge in [-0.05, 0) is 123 Å². The van der Waals surface area contributed by atoms with Gasteiger partial charge in [0.1, 0.15) is 5.82 Å². The zero-order chi connectivity index (χ0) is 23.0. The highest BCUT2D eigenvalue weighted by Gasteiger charge is 2.38. The van der Waals surface area contributed by atoms with Gasteiger partial charge in [0, 0.05) is 0 Å². The molecule has 4 rings (SSSR count). The first-order chi connectivity index (χ1) is 16.2. The fraction of sp³-hybridized carbons (Fsp3) is 0.750. The van der Waals surface area contributed by atoms with Crippen molar-refractivity contribution in [3.63, 3.8) is 0 Å². The molecule has 0 saturated heterocycles. The molecule has 184 valence electrons. The van der Waals surface area contributed by atoms with Gasteiger partial charge in [0.05, 0.1) is 0 Å². The second kappa shape index (κ2) is 12.6. The van der Waals surface area contributed by atoms with Gasteiger partial charge in [0.2, 0.25) is 0 Å². The molecule has 0 aliphatic heterocycles. The van der Waals surface area contributed by atoms with Crippen molar-refractivity contribution in [1.29, 1.82) is 0 Å². The summed E-state index contributed by atoms with van der Waals surface area (Å²) < 4.78 is 14.6. The van der Waals surface area contributed by atoms with E-state index >= 15 is 0 Å². The molecule has 1 heteroatoms. The summed E-state index contributed by atoms with van der Waals surface area (Å²) in [6.45, 7) is 6.08. The van der Waals surface area contributed by atoms with E-state index in [4.69, 9.17) is 0 Å². The Morgan fingerprint density at radius 3 is 2.27 bits per heavy atom. The van der Waals surface area contributed by atoms with Crippen LogP contribution in [0.5, 0.6) is 0 Å². The number of halogens is 1. The number of unbranched alkanes of at least 4 members (excludes halogenated alkanes) is 3.